The van der Waals surface area contributed by atoms with Crippen LogP contribution in [0, 0.1) is 0 Å². The van der Waals surface area contributed by atoms with Crippen LogP contribution in [0.25, 0.3) is 0 Å². The molecule has 0 unspecified atom stereocenters. The van der Waals surface area contributed by atoms with Crippen LogP contribution in [-0.4, -0.2) is 49.0 Å². The van der Waals surface area contributed by atoms with E-state index < -0.39 is 49.0 Å². The van der Waals surface area contributed by atoms with Crippen LogP contribution in [0.4, 0.5) is 19.2 Å². The Bertz CT molecular complexity index is 365. The molecule has 1 saturated carbocycles. The fourth-order valence-corrected chi connectivity index (χ4v) is 1.82. The number of rotatable bonds is 0. The smallest absolute Gasteiger partial charge is 0.422 e. The van der Waals surface area contributed by atoms with Gasteiger partial charge in [-0.05, 0) is 0 Å². The van der Waals surface area contributed by atoms with E-state index in [0.717, 1.165) is 0 Å². The zero-order chi connectivity index (χ0) is 12.9. The summed E-state index contributed by atoms with van der Waals surface area (Å²) in [6.07, 6.45) is -9.59. The lowest BCUT2D eigenvalue weighted by Crippen LogP contribution is -2.67. The summed E-state index contributed by atoms with van der Waals surface area (Å²) in [5.74, 6) is 0. The van der Waals surface area contributed by atoms with Crippen LogP contribution < -0.4 is 0 Å². The van der Waals surface area contributed by atoms with Gasteiger partial charge < -0.3 is 28.4 Å². The number of hydrogen-bond acceptors (Lipinski definition) is 10. The van der Waals surface area contributed by atoms with Crippen LogP contribution in [0.15, 0.2) is 0 Å². The van der Waals surface area contributed by atoms with E-state index in [2.05, 4.69) is 28.4 Å². The maximum absolute atomic E-state index is 11.0. The van der Waals surface area contributed by atoms with E-state index in [9.17, 15) is 19.2 Å². The minimum absolute atomic E-state index is 1.10. The number of ether oxygens (including phenoxy) is 6. The highest BCUT2D eigenvalue weighted by Gasteiger charge is 2.64. The van der Waals surface area contributed by atoms with Gasteiger partial charge in [0, 0.05) is 0 Å². The lowest BCUT2D eigenvalue weighted by atomic mass is 9.84. The normalized spacial score (nSPS) is 37.8. The van der Waals surface area contributed by atoms with Crippen LogP contribution in [0.3, 0.4) is 0 Å². The Morgan fingerprint density at radius 3 is 0.944 bits per heavy atom. The van der Waals surface area contributed by atoms with Crippen molar-refractivity contribution in [3.8, 4) is 0 Å². The molecule has 18 heavy (non-hydrogen) atoms. The fraction of sp³-hybridized carbons (Fsp3) is 0.500. The third-order valence-electron chi connectivity index (χ3n) is 2.56. The molecule has 3 aliphatic rings. The van der Waals surface area contributed by atoms with Gasteiger partial charge in [-0.25, -0.2) is 19.2 Å². The summed E-state index contributed by atoms with van der Waals surface area (Å²) in [6, 6.07) is 0. The molecule has 0 aromatic carbocycles. The molecular formula is C8H4O10. The Morgan fingerprint density at radius 1 is 0.500 bits per heavy atom. The molecule has 0 N–H and O–H groups in total. The quantitative estimate of drug-likeness (QED) is 0.336. The van der Waals surface area contributed by atoms with Gasteiger partial charge in [-0.2, -0.15) is 0 Å². The lowest BCUT2D eigenvalue weighted by Gasteiger charge is -2.42. The highest BCUT2D eigenvalue weighted by molar-refractivity contribution is 5.80. The fourth-order valence-electron chi connectivity index (χ4n) is 1.82. The highest BCUT2D eigenvalue weighted by Crippen LogP contribution is 2.37. The van der Waals surface area contributed by atoms with Crippen LogP contribution in [-0.2, 0) is 28.4 Å². The molecule has 2 saturated heterocycles. The monoisotopic (exact) mass is 260 g/mol. The van der Waals surface area contributed by atoms with Crippen LogP contribution in [0.2, 0.25) is 0 Å². The molecule has 3 fully saturated rings. The van der Waals surface area contributed by atoms with Gasteiger partial charge in [0.15, 0.2) is 24.4 Å². The van der Waals surface area contributed by atoms with Crippen molar-refractivity contribution in [2.75, 3.05) is 0 Å². The van der Waals surface area contributed by atoms with Gasteiger partial charge in [-0.1, -0.05) is 0 Å². The zero-order valence-corrected chi connectivity index (χ0v) is 8.39. The SMILES string of the molecule is O=C1OC(=O)OC2C(O1)C1OC(=O)OC(=O)OC21. The molecule has 1 aliphatic carbocycles. The first-order valence-electron chi connectivity index (χ1n) is 4.73. The summed E-state index contributed by atoms with van der Waals surface area (Å²) in [7, 11) is 0. The standard InChI is InChI=1S/C8H4O10/c9-5-13-1-2(14-6(10)17-5)4-3(1)15-7(11)18-8(12)16-4/h1-4H. The minimum atomic E-state index is -1.29. The van der Waals surface area contributed by atoms with Crippen molar-refractivity contribution in [1.29, 1.82) is 0 Å². The van der Waals surface area contributed by atoms with Gasteiger partial charge in [0.2, 0.25) is 0 Å². The van der Waals surface area contributed by atoms with Crippen LogP contribution >= 0.6 is 0 Å². The van der Waals surface area contributed by atoms with E-state index in [1.165, 1.54) is 0 Å². The van der Waals surface area contributed by atoms with Gasteiger partial charge in [0.05, 0.1) is 0 Å². The summed E-state index contributed by atoms with van der Waals surface area (Å²) in [6.45, 7) is 0. The molecular weight excluding hydrogens is 256 g/mol. The topological polar surface area (TPSA) is 124 Å². The molecule has 0 bridgehead atoms. The number of cyclic esters (lactones) is 4. The average molecular weight is 260 g/mol. The molecule has 10 nitrogen and oxygen atoms in total. The van der Waals surface area contributed by atoms with Gasteiger partial charge in [0.25, 0.3) is 0 Å². The van der Waals surface area contributed by atoms with Crippen LogP contribution in [0.1, 0.15) is 0 Å². The molecule has 3 rings (SSSR count). The molecule has 0 amide bonds. The van der Waals surface area contributed by atoms with Crippen molar-refractivity contribution in [3.05, 3.63) is 0 Å². The second kappa shape index (κ2) is 3.48. The molecule has 0 spiro atoms. The third-order valence-corrected chi connectivity index (χ3v) is 2.56. The summed E-state index contributed by atoms with van der Waals surface area (Å²) < 4.78 is 26.7. The van der Waals surface area contributed by atoms with Gasteiger partial charge in [0.1, 0.15) is 0 Å². The summed E-state index contributed by atoms with van der Waals surface area (Å²) >= 11 is 0. The minimum Gasteiger partial charge on any atom is -0.422 e. The van der Waals surface area contributed by atoms with Gasteiger partial charge in [-0.15, -0.1) is 0 Å². The molecule has 96 valence electrons. The maximum Gasteiger partial charge on any atom is 0.519 e. The van der Waals surface area contributed by atoms with E-state index in [1.807, 2.05) is 0 Å². The largest absolute Gasteiger partial charge is 0.519 e. The second-order valence-electron chi connectivity index (χ2n) is 3.53. The van der Waals surface area contributed by atoms with Crippen molar-refractivity contribution in [1.82, 2.24) is 0 Å². The van der Waals surface area contributed by atoms with Crippen LogP contribution in [0.5, 0.6) is 0 Å². The van der Waals surface area contributed by atoms with E-state index >= 15 is 0 Å². The first-order valence-corrected chi connectivity index (χ1v) is 4.73. The summed E-state index contributed by atoms with van der Waals surface area (Å²) in [4.78, 5) is 43.9. The molecule has 0 aromatic rings. The Balaban J connectivity index is 1.84. The van der Waals surface area contributed by atoms with Gasteiger partial charge >= 0.3 is 24.6 Å². The second-order valence-corrected chi connectivity index (χ2v) is 3.53. The number of carbonyl (C=O) groups excluding carboxylic acids is 4. The van der Waals surface area contributed by atoms with E-state index in [4.69, 9.17) is 0 Å². The van der Waals surface area contributed by atoms with E-state index in [0.29, 0.717) is 0 Å². The number of fused-ring (bicyclic) bond motifs is 4. The van der Waals surface area contributed by atoms with Crippen molar-refractivity contribution in [2.45, 2.75) is 24.4 Å². The third kappa shape index (κ3) is 1.49. The molecule has 0 aromatic heterocycles. The molecule has 2 heterocycles. The molecule has 0 atom stereocenters. The molecule has 10 heteroatoms. The predicted molar refractivity (Wildman–Crippen MR) is 43.2 cm³/mol. The Morgan fingerprint density at radius 2 is 0.722 bits per heavy atom. The highest BCUT2D eigenvalue weighted by atomic mass is 16.9. The number of carbonyl (C=O) groups is 4. The lowest BCUT2D eigenvalue weighted by molar-refractivity contribution is -0.207. The van der Waals surface area contributed by atoms with Crippen molar-refractivity contribution in [2.24, 2.45) is 0 Å². The molecule has 0 radical (unpaired) electrons. The Labute approximate surface area is 97.6 Å². The van der Waals surface area contributed by atoms with Crippen molar-refractivity contribution in [3.63, 3.8) is 0 Å². The predicted octanol–water partition coefficient (Wildman–Crippen LogP) is 0.0812. The Hall–Kier alpha value is -2.52. The summed E-state index contributed by atoms with van der Waals surface area (Å²) in [5, 5.41) is 0. The molecule has 2 aliphatic heterocycles. The number of hydrogen-bond donors (Lipinski definition) is 0. The summed E-state index contributed by atoms with van der Waals surface area (Å²) in [5.41, 5.74) is 0. The van der Waals surface area contributed by atoms with Gasteiger partial charge in [-0.3, -0.25) is 0 Å². The maximum atomic E-state index is 11.0. The van der Waals surface area contributed by atoms with Crippen molar-refractivity contribution >= 4 is 24.6 Å². The zero-order valence-electron chi connectivity index (χ0n) is 8.39. The van der Waals surface area contributed by atoms with E-state index in [1.54, 1.807) is 0 Å². The Kier molecular flexibility index (Phi) is 2.06. The van der Waals surface area contributed by atoms with E-state index in [-0.39, 0.29) is 0 Å². The first-order chi connectivity index (χ1) is 8.54. The average Bonchev–Trinajstić information content (AvgIpc) is 2.48. The first kappa shape index (κ1) is 10.6. The van der Waals surface area contributed by atoms with Crippen molar-refractivity contribution < 1.29 is 47.6 Å².